The summed E-state index contributed by atoms with van der Waals surface area (Å²) < 4.78 is 1.56. The highest BCUT2D eigenvalue weighted by Gasteiger charge is 2.12. The van der Waals surface area contributed by atoms with Crippen LogP contribution in [-0.2, 0) is 11.3 Å². The zero-order chi connectivity index (χ0) is 12.3. The van der Waals surface area contributed by atoms with Gasteiger partial charge in [0.2, 0.25) is 5.91 Å². The van der Waals surface area contributed by atoms with Crippen LogP contribution in [0.2, 0.25) is 0 Å². The summed E-state index contributed by atoms with van der Waals surface area (Å²) >= 11 is 0. The van der Waals surface area contributed by atoms with Crippen LogP contribution in [-0.4, -0.2) is 33.4 Å². The summed E-state index contributed by atoms with van der Waals surface area (Å²) in [6.07, 6.45) is 0. The Balaban J connectivity index is 2.66. The number of nitrogens with two attached hydrogens (primary N) is 1. The molecule has 0 fully saturated rings. The van der Waals surface area contributed by atoms with Gasteiger partial charge < -0.3 is 16.2 Å². The molecule has 0 spiro atoms. The second-order valence-corrected chi connectivity index (χ2v) is 3.89. The largest absolute Gasteiger partial charge is 0.396 e. The Morgan fingerprint density at radius 1 is 1.62 bits per heavy atom. The van der Waals surface area contributed by atoms with Crippen LogP contribution in [0.1, 0.15) is 18.3 Å². The van der Waals surface area contributed by atoms with E-state index < -0.39 is 0 Å². The fourth-order valence-corrected chi connectivity index (χ4v) is 1.37. The van der Waals surface area contributed by atoms with E-state index in [1.165, 1.54) is 0 Å². The molecule has 1 amide bonds. The Bertz CT molecular complexity index is 386. The number of aryl methyl sites for hydroxylation is 1. The molecule has 0 aliphatic carbocycles. The van der Waals surface area contributed by atoms with Crippen molar-refractivity contribution >= 4 is 11.6 Å². The first-order valence-electron chi connectivity index (χ1n) is 5.15. The SMILES string of the molecule is Cc1nn(CC(=O)N[C@H](C)CO)c(C)c1N. The quantitative estimate of drug-likeness (QED) is 0.650. The highest BCUT2D eigenvalue weighted by Crippen LogP contribution is 2.14. The van der Waals surface area contributed by atoms with Crippen LogP contribution in [0.5, 0.6) is 0 Å². The first-order valence-corrected chi connectivity index (χ1v) is 5.15. The van der Waals surface area contributed by atoms with Crippen molar-refractivity contribution in [3.63, 3.8) is 0 Å². The minimum atomic E-state index is -0.248. The second-order valence-electron chi connectivity index (χ2n) is 3.89. The number of carbonyl (C=O) groups excluding carboxylic acids is 1. The molecule has 0 aliphatic heterocycles. The molecule has 4 N–H and O–H groups in total. The minimum Gasteiger partial charge on any atom is -0.396 e. The highest BCUT2D eigenvalue weighted by molar-refractivity contribution is 5.76. The number of aliphatic hydroxyl groups excluding tert-OH is 1. The smallest absolute Gasteiger partial charge is 0.242 e. The van der Waals surface area contributed by atoms with E-state index >= 15 is 0 Å². The number of rotatable bonds is 4. The summed E-state index contributed by atoms with van der Waals surface area (Å²) in [6.45, 7) is 5.39. The van der Waals surface area contributed by atoms with Crippen molar-refractivity contribution < 1.29 is 9.90 Å². The Labute approximate surface area is 94.4 Å². The van der Waals surface area contributed by atoms with Gasteiger partial charge in [0.05, 0.1) is 23.7 Å². The molecule has 0 saturated heterocycles. The summed E-state index contributed by atoms with van der Waals surface area (Å²) in [5.74, 6) is -0.188. The van der Waals surface area contributed by atoms with Gasteiger partial charge in [-0.05, 0) is 20.8 Å². The molecule has 6 heteroatoms. The standard InChI is InChI=1S/C10H18N4O2/c1-6(5-15)12-9(16)4-14-8(3)10(11)7(2)13-14/h6,15H,4-5,11H2,1-3H3,(H,12,16)/t6-/m1/s1. The second kappa shape index (κ2) is 4.98. The van der Waals surface area contributed by atoms with Gasteiger partial charge in [0.25, 0.3) is 0 Å². The van der Waals surface area contributed by atoms with Crippen LogP contribution in [0.15, 0.2) is 0 Å². The van der Waals surface area contributed by atoms with E-state index in [0.29, 0.717) is 5.69 Å². The van der Waals surface area contributed by atoms with Crippen molar-refractivity contribution in [1.82, 2.24) is 15.1 Å². The van der Waals surface area contributed by atoms with Crippen LogP contribution in [0, 0.1) is 13.8 Å². The van der Waals surface area contributed by atoms with Gasteiger partial charge in [-0.2, -0.15) is 5.10 Å². The highest BCUT2D eigenvalue weighted by atomic mass is 16.3. The number of aromatic nitrogens is 2. The number of nitrogens with zero attached hydrogens (tertiary/aromatic N) is 2. The topological polar surface area (TPSA) is 93.2 Å². The molecule has 0 unspecified atom stereocenters. The normalized spacial score (nSPS) is 12.5. The first kappa shape index (κ1) is 12.5. The number of aliphatic hydroxyl groups is 1. The van der Waals surface area contributed by atoms with Crippen molar-refractivity contribution in [1.29, 1.82) is 0 Å². The van der Waals surface area contributed by atoms with E-state index in [-0.39, 0.29) is 25.1 Å². The van der Waals surface area contributed by atoms with Gasteiger partial charge in [0.1, 0.15) is 6.54 Å². The maximum atomic E-state index is 11.5. The molecule has 0 saturated carbocycles. The van der Waals surface area contributed by atoms with Crippen molar-refractivity contribution in [2.75, 3.05) is 12.3 Å². The lowest BCUT2D eigenvalue weighted by molar-refractivity contribution is -0.122. The van der Waals surface area contributed by atoms with Gasteiger partial charge in [-0.1, -0.05) is 0 Å². The van der Waals surface area contributed by atoms with Gasteiger partial charge in [-0.15, -0.1) is 0 Å². The molecular weight excluding hydrogens is 208 g/mol. The molecule has 0 aromatic carbocycles. The molecule has 1 aromatic heterocycles. The molecule has 16 heavy (non-hydrogen) atoms. The van der Waals surface area contributed by atoms with Gasteiger partial charge in [0, 0.05) is 6.04 Å². The molecule has 90 valence electrons. The number of nitrogen functional groups attached to an aromatic ring is 1. The van der Waals surface area contributed by atoms with Gasteiger partial charge >= 0.3 is 0 Å². The van der Waals surface area contributed by atoms with E-state index in [9.17, 15) is 4.79 Å². The third kappa shape index (κ3) is 2.73. The van der Waals surface area contributed by atoms with Gasteiger partial charge in [-0.25, -0.2) is 0 Å². The maximum absolute atomic E-state index is 11.5. The van der Waals surface area contributed by atoms with E-state index in [0.717, 1.165) is 11.4 Å². The van der Waals surface area contributed by atoms with Crippen LogP contribution in [0.4, 0.5) is 5.69 Å². The molecule has 6 nitrogen and oxygen atoms in total. The van der Waals surface area contributed by atoms with Gasteiger partial charge in [0.15, 0.2) is 0 Å². The number of carbonyl (C=O) groups is 1. The molecule has 0 aliphatic rings. The van der Waals surface area contributed by atoms with Crippen molar-refractivity contribution in [3.8, 4) is 0 Å². The average molecular weight is 226 g/mol. The summed E-state index contributed by atoms with van der Waals surface area (Å²) in [5.41, 5.74) is 7.87. The van der Waals surface area contributed by atoms with Crippen LogP contribution in [0.3, 0.4) is 0 Å². The summed E-state index contributed by atoms with van der Waals surface area (Å²) in [4.78, 5) is 11.5. The van der Waals surface area contributed by atoms with Crippen LogP contribution >= 0.6 is 0 Å². The maximum Gasteiger partial charge on any atom is 0.242 e. The third-order valence-corrected chi connectivity index (χ3v) is 2.41. The number of amides is 1. The number of hydrogen-bond acceptors (Lipinski definition) is 4. The zero-order valence-electron chi connectivity index (χ0n) is 9.82. The molecule has 0 bridgehead atoms. The molecule has 1 rings (SSSR count). The third-order valence-electron chi connectivity index (χ3n) is 2.41. The zero-order valence-corrected chi connectivity index (χ0v) is 9.82. The predicted molar refractivity (Wildman–Crippen MR) is 60.8 cm³/mol. The molecule has 1 atom stereocenters. The van der Waals surface area contributed by atoms with Crippen LogP contribution in [0.25, 0.3) is 0 Å². The lowest BCUT2D eigenvalue weighted by Gasteiger charge is -2.11. The van der Waals surface area contributed by atoms with E-state index in [1.54, 1.807) is 18.5 Å². The van der Waals surface area contributed by atoms with E-state index in [1.807, 2.05) is 6.92 Å². The predicted octanol–water partition coefficient (Wildman–Crippen LogP) is -0.421. The molecular formula is C10H18N4O2. The van der Waals surface area contributed by atoms with Crippen molar-refractivity contribution in [2.24, 2.45) is 0 Å². The van der Waals surface area contributed by atoms with Crippen LogP contribution < -0.4 is 11.1 Å². The number of hydrogen-bond donors (Lipinski definition) is 3. The van der Waals surface area contributed by atoms with Crippen molar-refractivity contribution in [2.45, 2.75) is 33.4 Å². The van der Waals surface area contributed by atoms with Gasteiger partial charge in [-0.3, -0.25) is 9.48 Å². The Morgan fingerprint density at radius 3 is 2.69 bits per heavy atom. The lowest BCUT2D eigenvalue weighted by atomic mass is 10.3. The summed E-state index contributed by atoms with van der Waals surface area (Å²) in [5, 5.41) is 15.6. The van der Waals surface area contributed by atoms with E-state index in [2.05, 4.69) is 10.4 Å². The molecule has 1 heterocycles. The Kier molecular flexibility index (Phi) is 3.89. The minimum absolute atomic E-state index is 0.0784. The fourth-order valence-electron chi connectivity index (χ4n) is 1.37. The number of nitrogens with one attached hydrogen (secondary N) is 1. The number of anilines is 1. The molecule has 1 aromatic rings. The Hall–Kier alpha value is -1.56. The summed E-state index contributed by atoms with van der Waals surface area (Å²) in [7, 11) is 0. The van der Waals surface area contributed by atoms with E-state index in [4.69, 9.17) is 10.8 Å². The average Bonchev–Trinajstić information content (AvgIpc) is 2.46. The monoisotopic (exact) mass is 226 g/mol. The fraction of sp³-hybridized carbons (Fsp3) is 0.600. The molecule has 0 radical (unpaired) electrons. The lowest BCUT2D eigenvalue weighted by Crippen LogP contribution is -2.37. The van der Waals surface area contributed by atoms with Crippen molar-refractivity contribution in [3.05, 3.63) is 11.4 Å². The Morgan fingerprint density at radius 2 is 2.25 bits per heavy atom. The first-order chi connectivity index (χ1) is 7.45. The summed E-state index contributed by atoms with van der Waals surface area (Å²) in [6, 6.07) is -0.248.